The van der Waals surface area contributed by atoms with Crippen molar-refractivity contribution in [2.75, 3.05) is 5.32 Å². The summed E-state index contributed by atoms with van der Waals surface area (Å²) >= 11 is 0. The van der Waals surface area contributed by atoms with Crippen LogP contribution in [-0.2, 0) is 7.05 Å². The Hall–Kier alpha value is -0.990. The van der Waals surface area contributed by atoms with Crippen LogP contribution in [0.3, 0.4) is 0 Å². The molecule has 1 N–H and O–H groups in total. The molecule has 2 unspecified atom stereocenters. The van der Waals surface area contributed by atoms with E-state index in [2.05, 4.69) is 17.2 Å². The predicted molar refractivity (Wildman–Crippen MR) is 53.6 cm³/mol. The molecule has 2 atom stereocenters. The molecule has 0 saturated heterocycles. The zero-order chi connectivity index (χ0) is 9.26. The highest BCUT2D eigenvalue weighted by Gasteiger charge is 2.23. The van der Waals surface area contributed by atoms with Gasteiger partial charge in [0.25, 0.3) is 0 Å². The predicted octanol–water partition coefficient (Wildman–Crippen LogP) is 2.02. The lowest BCUT2D eigenvalue weighted by atomic mass is 10.1. The van der Waals surface area contributed by atoms with Gasteiger partial charge in [-0.25, -0.2) is 4.98 Å². The Bertz CT molecular complexity index is 279. The van der Waals surface area contributed by atoms with E-state index >= 15 is 0 Å². The van der Waals surface area contributed by atoms with Crippen LogP contribution < -0.4 is 5.32 Å². The van der Waals surface area contributed by atoms with Crippen LogP contribution in [0.2, 0.25) is 0 Å². The van der Waals surface area contributed by atoms with Crippen molar-refractivity contribution in [1.82, 2.24) is 9.55 Å². The van der Waals surface area contributed by atoms with Gasteiger partial charge in [-0.3, -0.25) is 0 Å². The van der Waals surface area contributed by atoms with Crippen molar-refractivity contribution in [2.24, 2.45) is 13.0 Å². The normalized spacial score (nSPS) is 27.8. The van der Waals surface area contributed by atoms with E-state index in [4.69, 9.17) is 0 Å². The maximum absolute atomic E-state index is 4.27. The summed E-state index contributed by atoms with van der Waals surface area (Å²) in [4.78, 5) is 4.27. The average molecular weight is 179 g/mol. The minimum Gasteiger partial charge on any atom is -0.353 e. The number of hydrogen-bond acceptors (Lipinski definition) is 2. The van der Waals surface area contributed by atoms with E-state index in [-0.39, 0.29) is 0 Å². The Balaban J connectivity index is 2.01. The van der Waals surface area contributed by atoms with E-state index in [1.165, 1.54) is 19.3 Å². The highest BCUT2D eigenvalue weighted by atomic mass is 15.2. The van der Waals surface area contributed by atoms with Gasteiger partial charge in [0, 0.05) is 25.5 Å². The molecule has 72 valence electrons. The van der Waals surface area contributed by atoms with Crippen molar-refractivity contribution in [3.8, 4) is 0 Å². The quantitative estimate of drug-likeness (QED) is 0.752. The summed E-state index contributed by atoms with van der Waals surface area (Å²) in [5, 5.41) is 3.49. The first-order valence-electron chi connectivity index (χ1n) is 5.01. The molecule has 13 heavy (non-hydrogen) atoms. The Kier molecular flexibility index (Phi) is 2.25. The minimum atomic E-state index is 0.626. The van der Waals surface area contributed by atoms with Crippen LogP contribution in [0.25, 0.3) is 0 Å². The van der Waals surface area contributed by atoms with Crippen molar-refractivity contribution >= 4 is 5.95 Å². The molecule has 0 aliphatic heterocycles. The number of aryl methyl sites for hydroxylation is 1. The molecule has 0 amide bonds. The van der Waals surface area contributed by atoms with E-state index in [0.29, 0.717) is 6.04 Å². The molecule has 1 aliphatic carbocycles. The second kappa shape index (κ2) is 3.40. The number of hydrogen-bond donors (Lipinski definition) is 1. The smallest absolute Gasteiger partial charge is 0.202 e. The van der Waals surface area contributed by atoms with Crippen LogP contribution in [0.4, 0.5) is 5.95 Å². The lowest BCUT2D eigenvalue weighted by molar-refractivity contribution is 0.551. The first kappa shape index (κ1) is 8.60. The Morgan fingerprint density at radius 2 is 2.38 bits per heavy atom. The van der Waals surface area contributed by atoms with Gasteiger partial charge in [-0.2, -0.15) is 0 Å². The van der Waals surface area contributed by atoms with Gasteiger partial charge in [-0.15, -0.1) is 0 Å². The number of imidazole rings is 1. The van der Waals surface area contributed by atoms with Crippen LogP contribution in [0.1, 0.15) is 26.2 Å². The number of anilines is 1. The molecular formula is C10H17N3. The van der Waals surface area contributed by atoms with Gasteiger partial charge in [0.05, 0.1) is 0 Å². The average Bonchev–Trinajstić information content (AvgIpc) is 2.65. The molecule has 2 rings (SSSR count). The lowest BCUT2D eigenvalue weighted by Gasteiger charge is -2.17. The van der Waals surface area contributed by atoms with E-state index in [1.54, 1.807) is 0 Å². The zero-order valence-corrected chi connectivity index (χ0v) is 8.33. The standard InChI is InChI=1S/C10H17N3/c1-8-4-3-5-9(8)12-10-11-6-7-13(10)2/h6-9H,3-5H2,1-2H3,(H,11,12). The van der Waals surface area contributed by atoms with Crippen LogP contribution in [0.5, 0.6) is 0 Å². The van der Waals surface area contributed by atoms with Gasteiger partial charge in [0.1, 0.15) is 0 Å². The van der Waals surface area contributed by atoms with Crippen molar-refractivity contribution in [3.63, 3.8) is 0 Å². The van der Waals surface area contributed by atoms with Gasteiger partial charge in [0.2, 0.25) is 5.95 Å². The molecule has 1 aromatic rings. The van der Waals surface area contributed by atoms with Gasteiger partial charge in [0.15, 0.2) is 0 Å². The van der Waals surface area contributed by atoms with Crippen LogP contribution in [0, 0.1) is 5.92 Å². The molecule has 3 heteroatoms. The molecule has 0 aromatic carbocycles. The first-order valence-corrected chi connectivity index (χ1v) is 5.01. The molecular weight excluding hydrogens is 162 g/mol. The molecule has 1 saturated carbocycles. The molecule has 1 fully saturated rings. The fourth-order valence-electron chi connectivity index (χ4n) is 2.03. The SMILES string of the molecule is CC1CCCC1Nc1nccn1C. The highest BCUT2D eigenvalue weighted by Crippen LogP contribution is 2.27. The Morgan fingerprint density at radius 3 is 2.92 bits per heavy atom. The highest BCUT2D eigenvalue weighted by molar-refractivity contribution is 5.27. The first-order chi connectivity index (χ1) is 6.27. The minimum absolute atomic E-state index is 0.626. The summed E-state index contributed by atoms with van der Waals surface area (Å²) in [7, 11) is 2.02. The summed E-state index contributed by atoms with van der Waals surface area (Å²) < 4.78 is 2.03. The van der Waals surface area contributed by atoms with Crippen molar-refractivity contribution in [3.05, 3.63) is 12.4 Å². The fourth-order valence-corrected chi connectivity index (χ4v) is 2.03. The van der Waals surface area contributed by atoms with Crippen molar-refractivity contribution in [1.29, 1.82) is 0 Å². The molecule has 0 bridgehead atoms. The number of aromatic nitrogens is 2. The number of rotatable bonds is 2. The maximum Gasteiger partial charge on any atom is 0.202 e. The Labute approximate surface area is 79.2 Å². The molecule has 3 nitrogen and oxygen atoms in total. The molecule has 1 aliphatic rings. The summed E-state index contributed by atoms with van der Waals surface area (Å²) in [5.41, 5.74) is 0. The third-order valence-electron chi connectivity index (χ3n) is 3.00. The summed E-state index contributed by atoms with van der Waals surface area (Å²) in [5.74, 6) is 1.79. The van der Waals surface area contributed by atoms with E-state index in [9.17, 15) is 0 Å². The van der Waals surface area contributed by atoms with Gasteiger partial charge in [-0.05, 0) is 18.8 Å². The maximum atomic E-state index is 4.27. The van der Waals surface area contributed by atoms with Gasteiger partial charge >= 0.3 is 0 Å². The molecule has 0 radical (unpaired) electrons. The van der Waals surface area contributed by atoms with Crippen LogP contribution >= 0.6 is 0 Å². The van der Waals surface area contributed by atoms with Crippen molar-refractivity contribution < 1.29 is 0 Å². The van der Waals surface area contributed by atoms with E-state index in [0.717, 1.165) is 11.9 Å². The zero-order valence-electron chi connectivity index (χ0n) is 8.33. The Morgan fingerprint density at radius 1 is 1.54 bits per heavy atom. The lowest BCUT2D eigenvalue weighted by Crippen LogP contribution is -2.23. The molecule has 0 spiro atoms. The van der Waals surface area contributed by atoms with Gasteiger partial charge in [-0.1, -0.05) is 13.3 Å². The largest absolute Gasteiger partial charge is 0.353 e. The molecule has 1 heterocycles. The third kappa shape index (κ3) is 1.69. The van der Waals surface area contributed by atoms with E-state index < -0.39 is 0 Å². The monoisotopic (exact) mass is 179 g/mol. The van der Waals surface area contributed by atoms with E-state index in [1.807, 2.05) is 24.0 Å². The summed E-state index contributed by atoms with van der Waals surface area (Å²) in [6.45, 7) is 2.31. The summed E-state index contributed by atoms with van der Waals surface area (Å²) in [6.07, 6.45) is 7.79. The second-order valence-corrected chi connectivity index (χ2v) is 4.02. The van der Waals surface area contributed by atoms with Crippen LogP contribution in [-0.4, -0.2) is 15.6 Å². The third-order valence-corrected chi connectivity index (χ3v) is 3.00. The van der Waals surface area contributed by atoms with Gasteiger partial charge < -0.3 is 9.88 Å². The molecule has 1 aromatic heterocycles. The number of nitrogens with one attached hydrogen (secondary N) is 1. The second-order valence-electron chi connectivity index (χ2n) is 4.02. The summed E-state index contributed by atoms with van der Waals surface area (Å²) in [6, 6.07) is 0.626. The topological polar surface area (TPSA) is 29.9 Å². The van der Waals surface area contributed by atoms with Crippen LogP contribution in [0.15, 0.2) is 12.4 Å². The van der Waals surface area contributed by atoms with Crippen molar-refractivity contribution in [2.45, 2.75) is 32.2 Å². The number of nitrogens with zero attached hydrogens (tertiary/aromatic N) is 2. The fraction of sp³-hybridized carbons (Fsp3) is 0.700.